The molecule has 0 atom stereocenters. The van der Waals surface area contributed by atoms with Gasteiger partial charge >= 0.3 is 47.8 Å². The maximum atomic E-state index is 13.2. The van der Waals surface area contributed by atoms with Gasteiger partial charge in [0.1, 0.15) is 17.4 Å². The average molecular weight is 1870 g/mol. The van der Waals surface area contributed by atoms with Crippen molar-refractivity contribution in [1.29, 1.82) is 0 Å². The monoisotopic (exact) mass is 1860 g/mol. The molecule has 0 aliphatic rings. The van der Waals surface area contributed by atoms with E-state index in [0.29, 0.717) is 67.9 Å². The van der Waals surface area contributed by atoms with Crippen LogP contribution in [0.2, 0.25) is 40.2 Å². The number of thioether (sulfide) groups is 8. The van der Waals surface area contributed by atoms with E-state index >= 15 is 0 Å². The van der Waals surface area contributed by atoms with E-state index in [1.807, 2.05) is 60.7 Å². The summed E-state index contributed by atoms with van der Waals surface area (Å²) in [6, 6.07) is 50.2. The predicted octanol–water partition coefficient (Wildman–Crippen LogP) is 25.6. The summed E-state index contributed by atoms with van der Waals surface area (Å²) in [5.41, 5.74) is 0. The van der Waals surface area contributed by atoms with Gasteiger partial charge in [-0.3, -0.25) is 38.4 Å². The highest BCUT2D eigenvalue weighted by molar-refractivity contribution is 8.01. The predicted molar refractivity (Wildman–Crippen MR) is 465 cm³/mol. The van der Waals surface area contributed by atoms with Gasteiger partial charge in [0.05, 0.1) is 60.2 Å². The first kappa shape index (κ1) is 105. The van der Waals surface area contributed by atoms with Crippen molar-refractivity contribution in [3.05, 3.63) is 228 Å². The number of hydrogen-bond acceptors (Lipinski definition) is 17. The SMILES string of the molecule is O=C(O)CCCCCSc1cc(Cl)ccc1Cl.O=C(O)CCCCCSc1ccc(Cl)c(Cl)c1.O=C(O)CCCCCSc1ccccc1F.O=C(O)CCSc1cccc(Cl)c1.O=C(O)CCSc1ccccc1Cl.O=C(O)CSc1ccc(Cl)c(Cl)c1.O=C(O)CSc1cccc(O)c1.O=C(O)CSc1ccccc1F. The van der Waals surface area contributed by atoms with E-state index in [-0.39, 0.29) is 66.7 Å². The molecule has 9 N–H and O–H groups in total. The van der Waals surface area contributed by atoms with E-state index in [4.69, 9.17) is 139 Å². The fourth-order valence-corrected chi connectivity index (χ4v) is 16.1. The van der Waals surface area contributed by atoms with Crippen molar-refractivity contribution in [3.8, 4) is 5.75 Å². The molecule has 0 saturated carbocycles. The molecule has 35 heteroatoms. The molecule has 0 spiro atoms. The molecule has 8 rings (SSSR count). The van der Waals surface area contributed by atoms with Crippen LogP contribution in [0.3, 0.4) is 0 Å². The van der Waals surface area contributed by atoms with Gasteiger partial charge in [-0.1, -0.05) is 161 Å². The molecule has 8 aromatic carbocycles. The standard InChI is InChI=1S/2C12H14Cl2O2S.C12H15FO2S.2C9H9ClO2S.C8H6Cl2O2S.C8H7FO2S.C8H8O3S/c13-10-6-5-9(8-11(10)14)17-7-3-1-2-4-12(15)16;13-9-5-6-10(14)11(8-9)17-7-3-1-2-4-12(15)16;13-10-6-3-4-7-11(10)16-9-5-1-2-8-12(14)15;10-7-2-1-3-8(6-7)13-5-4-9(11)12;10-7-3-1-2-4-8(7)13-6-5-9(11)12;9-6-2-1-5(3-7(6)10)13-4-8(11)12;9-6-3-1-2-4-7(6)12-5-8(10)11;9-6-2-1-3-7(4-6)12-5-8(10)11/h2*5-6,8H,1-4,7H2,(H,15,16);3-4,6-7H,1-2,5,8-9H2,(H,14,15);1-3,6H,4-5H2,(H,11,12);1-4H,5-6H2,(H,11,12);1-3H,4H2,(H,11,12);1-4H,5H2,(H,10,11);1-4,9H,5H2,(H,10,11). The molecule has 113 heavy (non-hydrogen) atoms. The van der Waals surface area contributed by atoms with Crippen LogP contribution in [0, 0.1) is 11.6 Å². The Labute approximate surface area is 729 Å². The van der Waals surface area contributed by atoms with Crippen LogP contribution in [-0.4, -0.2) is 140 Å². The average Bonchev–Trinajstić information content (AvgIpc) is 0.888. The van der Waals surface area contributed by atoms with Gasteiger partial charge in [0.2, 0.25) is 0 Å². The molecule has 0 unspecified atom stereocenters. The molecule has 614 valence electrons. The van der Waals surface area contributed by atoms with E-state index in [1.165, 1.54) is 77.0 Å². The molecule has 17 nitrogen and oxygen atoms in total. The van der Waals surface area contributed by atoms with E-state index in [9.17, 15) is 47.1 Å². The van der Waals surface area contributed by atoms with Crippen LogP contribution in [-0.2, 0) is 38.4 Å². The molecular weight excluding hydrogens is 1790 g/mol. The molecule has 0 bridgehead atoms. The third kappa shape index (κ3) is 58.7. The summed E-state index contributed by atoms with van der Waals surface area (Å²) in [5.74, 6) is -2.99. The van der Waals surface area contributed by atoms with Crippen LogP contribution in [0.5, 0.6) is 5.75 Å². The number of halogens is 10. The topological polar surface area (TPSA) is 319 Å². The lowest BCUT2D eigenvalue weighted by Crippen LogP contribution is -1.97. The highest BCUT2D eigenvalue weighted by Crippen LogP contribution is 2.33. The fourth-order valence-electron chi connectivity index (χ4n) is 7.69. The Morgan fingerprint density at radius 1 is 0.257 bits per heavy atom. The fraction of sp³-hybridized carbons (Fsp3) is 0.282. The summed E-state index contributed by atoms with van der Waals surface area (Å²) < 4.78 is 26.0. The Hall–Kier alpha value is -5.70. The minimum Gasteiger partial charge on any atom is -0.508 e. The highest BCUT2D eigenvalue weighted by Gasteiger charge is 2.10. The van der Waals surface area contributed by atoms with Gasteiger partial charge in [0.25, 0.3) is 0 Å². The third-order valence-electron chi connectivity index (χ3n) is 12.9. The number of unbranched alkanes of at least 4 members (excludes halogenated alkanes) is 6. The van der Waals surface area contributed by atoms with Crippen molar-refractivity contribution < 1.29 is 93.1 Å². The van der Waals surface area contributed by atoms with E-state index < -0.39 is 47.8 Å². The van der Waals surface area contributed by atoms with Crippen molar-refractivity contribution in [2.75, 3.05) is 46.0 Å². The van der Waals surface area contributed by atoms with Crippen molar-refractivity contribution >= 4 is 235 Å². The molecule has 0 heterocycles. The second-order valence-electron chi connectivity index (χ2n) is 22.2. The summed E-state index contributed by atoms with van der Waals surface area (Å²) in [6.45, 7) is 0. The van der Waals surface area contributed by atoms with Crippen LogP contribution in [0.15, 0.2) is 215 Å². The van der Waals surface area contributed by atoms with E-state index in [2.05, 4.69) is 0 Å². The first-order valence-corrected chi connectivity index (χ1v) is 44.6. The number of carboxylic acids is 8. The van der Waals surface area contributed by atoms with Gasteiger partial charge in [-0.25, -0.2) is 8.78 Å². The Morgan fingerprint density at radius 2 is 0.602 bits per heavy atom. The number of benzene rings is 8. The molecule has 0 amide bonds. The van der Waals surface area contributed by atoms with Gasteiger partial charge < -0.3 is 46.0 Å². The smallest absolute Gasteiger partial charge is 0.313 e. The minimum absolute atomic E-state index is 0.0173. The maximum absolute atomic E-state index is 13.2. The quantitative estimate of drug-likeness (QED) is 0.0128. The zero-order valence-corrected chi connectivity index (χ0v) is 72.7. The highest BCUT2D eigenvalue weighted by atomic mass is 35.5. The first-order valence-electron chi connectivity index (χ1n) is 33.6. The molecule has 0 radical (unpaired) electrons. The number of hydrogen-bond donors (Lipinski definition) is 9. The molecule has 0 aliphatic heterocycles. The molecular formula is C78H82Cl8F2O17S8. The zero-order chi connectivity index (χ0) is 84.3. The number of carboxylic acid groups (broad SMARTS) is 8. The zero-order valence-electron chi connectivity index (χ0n) is 60.1. The molecule has 0 aromatic heterocycles. The van der Waals surface area contributed by atoms with E-state index in [0.717, 1.165) is 110 Å². The van der Waals surface area contributed by atoms with Crippen molar-refractivity contribution in [2.24, 2.45) is 0 Å². The summed E-state index contributed by atoms with van der Waals surface area (Å²) >= 11 is 57.8. The molecule has 0 fully saturated rings. The summed E-state index contributed by atoms with van der Waals surface area (Å²) in [7, 11) is 0. The van der Waals surface area contributed by atoms with Gasteiger partial charge in [-0.15, -0.1) is 94.1 Å². The van der Waals surface area contributed by atoms with Crippen LogP contribution in [0.1, 0.15) is 89.9 Å². The van der Waals surface area contributed by atoms with Gasteiger partial charge in [-0.2, -0.15) is 0 Å². The maximum Gasteiger partial charge on any atom is 0.313 e. The second kappa shape index (κ2) is 65.3. The Morgan fingerprint density at radius 3 is 1.04 bits per heavy atom. The van der Waals surface area contributed by atoms with Crippen molar-refractivity contribution in [3.63, 3.8) is 0 Å². The lowest BCUT2D eigenvalue weighted by Gasteiger charge is -2.04. The Balaban J connectivity index is 0.000000648. The Bertz CT molecular complexity index is 4190. The number of aliphatic carboxylic acids is 8. The van der Waals surface area contributed by atoms with E-state index in [1.54, 1.807) is 121 Å². The number of phenols is 1. The van der Waals surface area contributed by atoms with Gasteiger partial charge in [0.15, 0.2) is 0 Å². The first-order chi connectivity index (χ1) is 53.7. The summed E-state index contributed by atoms with van der Waals surface area (Å²) in [6.07, 6.45) is 8.94. The summed E-state index contributed by atoms with van der Waals surface area (Å²) in [4.78, 5) is 88.5. The number of aromatic hydroxyl groups is 1. The summed E-state index contributed by atoms with van der Waals surface area (Å²) in [5, 5.41) is 81.1. The Kier molecular flexibility index (Phi) is 60.9. The minimum atomic E-state index is -0.941. The molecule has 0 saturated heterocycles. The van der Waals surface area contributed by atoms with Crippen LogP contribution in [0.4, 0.5) is 8.78 Å². The number of phenolic OH excluding ortho intramolecular Hbond substituents is 1. The van der Waals surface area contributed by atoms with Crippen LogP contribution < -0.4 is 0 Å². The van der Waals surface area contributed by atoms with Crippen LogP contribution >= 0.6 is 187 Å². The lowest BCUT2D eigenvalue weighted by atomic mass is 10.2. The number of carbonyl (C=O) groups is 8. The van der Waals surface area contributed by atoms with Gasteiger partial charge in [-0.05, 0) is 183 Å². The lowest BCUT2D eigenvalue weighted by molar-refractivity contribution is -0.138. The molecule has 8 aromatic rings. The molecule has 0 aliphatic carbocycles. The second-order valence-corrected chi connectivity index (χ2v) is 34.3. The largest absolute Gasteiger partial charge is 0.508 e. The normalized spacial score (nSPS) is 10.1. The number of rotatable bonds is 38. The van der Waals surface area contributed by atoms with Crippen LogP contribution in [0.25, 0.3) is 0 Å². The van der Waals surface area contributed by atoms with Crippen molar-refractivity contribution in [1.82, 2.24) is 0 Å². The third-order valence-corrected chi connectivity index (χ3v) is 24.2. The van der Waals surface area contributed by atoms with Crippen molar-refractivity contribution in [2.45, 2.75) is 129 Å². The van der Waals surface area contributed by atoms with Gasteiger partial charge in [0, 0.05) is 80.0 Å².